The van der Waals surface area contributed by atoms with E-state index in [1.54, 1.807) is 6.92 Å². The third-order valence-electron chi connectivity index (χ3n) is 3.24. The highest BCUT2D eigenvalue weighted by Gasteiger charge is 2.25. The largest absolute Gasteiger partial charge is 0.393 e. The van der Waals surface area contributed by atoms with Gasteiger partial charge in [-0.05, 0) is 19.3 Å². The van der Waals surface area contributed by atoms with E-state index in [0.717, 1.165) is 12.8 Å². The summed E-state index contributed by atoms with van der Waals surface area (Å²) in [4.78, 5) is 0. The fraction of sp³-hybridized carbons (Fsp3) is 1.00. The first-order valence-corrected chi connectivity index (χ1v) is 5.90. The molecule has 2 nitrogen and oxygen atoms in total. The fourth-order valence-corrected chi connectivity index (χ4v) is 1.80. The maximum Gasteiger partial charge on any atom is 0.0618 e. The summed E-state index contributed by atoms with van der Waals surface area (Å²) in [6.07, 6.45) is 3.64. The number of aliphatic hydroxyl groups excluding tert-OH is 2. The zero-order valence-electron chi connectivity index (χ0n) is 10.0. The van der Waals surface area contributed by atoms with E-state index in [-0.39, 0.29) is 12.0 Å². The Kier molecular flexibility index (Phi) is 7.20. The van der Waals surface area contributed by atoms with E-state index in [1.165, 1.54) is 12.8 Å². The zero-order valence-corrected chi connectivity index (χ0v) is 10.0. The smallest absolute Gasteiger partial charge is 0.0618 e. The van der Waals surface area contributed by atoms with E-state index in [2.05, 4.69) is 13.8 Å². The van der Waals surface area contributed by atoms with Crippen LogP contribution in [0.4, 0.5) is 0 Å². The summed E-state index contributed by atoms with van der Waals surface area (Å²) in [5.41, 5.74) is 0. The molecule has 0 aliphatic rings. The van der Waals surface area contributed by atoms with Crippen molar-refractivity contribution in [2.45, 2.75) is 65.6 Å². The molecule has 0 aliphatic carbocycles. The second-order valence-corrected chi connectivity index (χ2v) is 4.40. The first-order chi connectivity index (χ1) is 6.54. The highest BCUT2D eigenvalue weighted by Crippen LogP contribution is 2.23. The van der Waals surface area contributed by atoms with E-state index in [9.17, 15) is 10.2 Å². The fourth-order valence-electron chi connectivity index (χ4n) is 1.80. The Morgan fingerprint density at radius 1 is 1.07 bits per heavy atom. The van der Waals surface area contributed by atoms with Crippen molar-refractivity contribution >= 4 is 0 Å². The normalized spacial score (nSPS) is 20.1. The van der Waals surface area contributed by atoms with Gasteiger partial charge in [0.1, 0.15) is 0 Å². The van der Waals surface area contributed by atoms with Crippen molar-refractivity contribution in [2.75, 3.05) is 0 Å². The third-order valence-corrected chi connectivity index (χ3v) is 3.24. The molecule has 2 N–H and O–H groups in total. The quantitative estimate of drug-likeness (QED) is 0.666. The molecule has 0 saturated carbocycles. The van der Waals surface area contributed by atoms with Gasteiger partial charge in [-0.15, -0.1) is 0 Å². The molecule has 0 radical (unpaired) electrons. The van der Waals surface area contributed by atoms with Gasteiger partial charge in [-0.25, -0.2) is 0 Å². The molecule has 0 rings (SSSR count). The summed E-state index contributed by atoms with van der Waals surface area (Å²) in [7, 11) is 0. The van der Waals surface area contributed by atoms with Gasteiger partial charge in [0.25, 0.3) is 0 Å². The lowest BCUT2D eigenvalue weighted by Gasteiger charge is -2.28. The topological polar surface area (TPSA) is 40.5 Å². The Labute approximate surface area is 88.3 Å². The Morgan fingerprint density at radius 2 is 1.64 bits per heavy atom. The van der Waals surface area contributed by atoms with E-state index in [4.69, 9.17) is 0 Å². The van der Waals surface area contributed by atoms with Crippen molar-refractivity contribution in [1.82, 2.24) is 0 Å². The molecule has 0 saturated heterocycles. The SMILES string of the molecule is CCCC[C@H](CC)[C@H](O)[C@@H](C)[C@@H](C)O. The first-order valence-electron chi connectivity index (χ1n) is 5.90. The van der Waals surface area contributed by atoms with Gasteiger partial charge in [-0.1, -0.05) is 40.0 Å². The van der Waals surface area contributed by atoms with Crippen LogP contribution in [0.2, 0.25) is 0 Å². The number of aliphatic hydroxyl groups is 2. The lowest BCUT2D eigenvalue weighted by atomic mass is 9.84. The van der Waals surface area contributed by atoms with Gasteiger partial charge >= 0.3 is 0 Å². The van der Waals surface area contributed by atoms with Crippen LogP contribution in [-0.2, 0) is 0 Å². The predicted octanol–water partition coefficient (Wildman–Crippen LogP) is 2.58. The first kappa shape index (κ1) is 13.9. The minimum atomic E-state index is -0.416. The van der Waals surface area contributed by atoms with Crippen LogP contribution in [0.3, 0.4) is 0 Å². The molecule has 0 unspecified atom stereocenters. The number of unbranched alkanes of at least 4 members (excludes halogenated alkanes) is 1. The van der Waals surface area contributed by atoms with Gasteiger partial charge in [-0.3, -0.25) is 0 Å². The van der Waals surface area contributed by atoms with Crippen molar-refractivity contribution in [2.24, 2.45) is 11.8 Å². The Morgan fingerprint density at radius 3 is 2.00 bits per heavy atom. The number of hydrogen-bond donors (Lipinski definition) is 2. The summed E-state index contributed by atoms with van der Waals surface area (Å²) >= 11 is 0. The summed E-state index contributed by atoms with van der Waals surface area (Å²) < 4.78 is 0. The lowest BCUT2D eigenvalue weighted by molar-refractivity contribution is -0.00694. The molecular formula is C12H26O2. The average molecular weight is 202 g/mol. The summed E-state index contributed by atoms with van der Waals surface area (Å²) in [5.74, 6) is 0.330. The Balaban J connectivity index is 4.08. The molecule has 0 heterocycles. The second-order valence-electron chi connectivity index (χ2n) is 4.40. The Hall–Kier alpha value is -0.0800. The maximum absolute atomic E-state index is 10.0. The van der Waals surface area contributed by atoms with Crippen LogP contribution in [0.1, 0.15) is 53.4 Å². The minimum Gasteiger partial charge on any atom is -0.393 e. The zero-order chi connectivity index (χ0) is 11.1. The van der Waals surface area contributed by atoms with E-state index in [0.29, 0.717) is 5.92 Å². The molecule has 0 aromatic heterocycles. The van der Waals surface area contributed by atoms with Gasteiger partial charge in [0.2, 0.25) is 0 Å². The monoisotopic (exact) mass is 202 g/mol. The van der Waals surface area contributed by atoms with Gasteiger partial charge in [0, 0.05) is 5.92 Å². The summed E-state index contributed by atoms with van der Waals surface area (Å²) in [6.45, 7) is 7.94. The maximum atomic E-state index is 10.0. The van der Waals surface area contributed by atoms with E-state index in [1.807, 2.05) is 6.92 Å². The molecule has 14 heavy (non-hydrogen) atoms. The van der Waals surface area contributed by atoms with Crippen molar-refractivity contribution in [3.63, 3.8) is 0 Å². The second kappa shape index (κ2) is 7.24. The highest BCUT2D eigenvalue weighted by atomic mass is 16.3. The molecule has 86 valence electrons. The predicted molar refractivity (Wildman–Crippen MR) is 60.2 cm³/mol. The van der Waals surface area contributed by atoms with Crippen LogP contribution in [-0.4, -0.2) is 22.4 Å². The van der Waals surface area contributed by atoms with Crippen LogP contribution in [0, 0.1) is 11.8 Å². The van der Waals surface area contributed by atoms with Crippen molar-refractivity contribution in [3.05, 3.63) is 0 Å². The number of hydrogen-bond acceptors (Lipinski definition) is 2. The van der Waals surface area contributed by atoms with Crippen molar-refractivity contribution in [1.29, 1.82) is 0 Å². The van der Waals surface area contributed by atoms with Crippen LogP contribution in [0.5, 0.6) is 0 Å². The minimum absolute atomic E-state index is 0.0168. The molecule has 4 atom stereocenters. The van der Waals surface area contributed by atoms with Crippen molar-refractivity contribution in [3.8, 4) is 0 Å². The molecule has 0 fully saturated rings. The highest BCUT2D eigenvalue weighted by molar-refractivity contribution is 4.76. The number of rotatable bonds is 7. The molecular weight excluding hydrogens is 176 g/mol. The molecule has 0 aliphatic heterocycles. The molecule has 0 aromatic rings. The summed E-state index contributed by atoms with van der Waals surface area (Å²) in [6, 6.07) is 0. The van der Waals surface area contributed by atoms with Crippen LogP contribution >= 0.6 is 0 Å². The summed E-state index contributed by atoms with van der Waals surface area (Å²) in [5, 5.41) is 19.4. The molecule has 2 heteroatoms. The van der Waals surface area contributed by atoms with E-state index >= 15 is 0 Å². The van der Waals surface area contributed by atoms with Gasteiger partial charge < -0.3 is 10.2 Å². The molecule has 0 bridgehead atoms. The van der Waals surface area contributed by atoms with Gasteiger partial charge in [0.15, 0.2) is 0 Å². The van der Waals surface area contributed by atoms with Gasteiger partial charge in [-0.2, -0.15) is 0 Å². The average Bonchev–Trinajstić information content (AvgIpc) is 2.17. The molecule has 0 amide bonds. The standard InChI is InChI=1S/C12H26O2/c1-5-7-8-11(6-2)12(14)9(3)10(4)13/h9-14H,5-8H2,1-4H3/t9-,10+,11-,12+/m0/s1. The van der Waals surface area contributed by atoms with Gasteiger partial charge in [0.05, 0.1) is 12.2 Å². The van der Waals surface area contributed by atoms with E-state index < -0.39 is 6.10 Å². The van der Waals surface area contributed by atoms with Crippen molar-refractivity contribution < 1.29 is 10.2 Å². The van der Waals surface area contributed by atoms with Crippen LogP contribution in [0.15, 0.2) is 0 Å². The lowest BCUT2D eigenvalue weighted by Crippen LogP contribution is -2.33. The molecule has 0 aromatic carbocycles. The third kappa shape index (κ3) is 4.43. The molecule has 0 spiro atoms. The van der Waals surface area contributed by atoms with Crippen LogP contribution in [0.25, 0.3) is 0 Å². The Bertz CT molecular complexity index is 134. The van der Waals surface area contributed by atoms with Crippen LogP contribution < -0.4 is 0 Å².